The van der Waals surface area contributed by atoms with Gasteiger partial charge in [0.2, 0.25) is 5.91 Å². The van der Waals surface area contributed by atoms with Crippen molar-refractivity contribution in [2.45, 2.75) is 12.5 Å². The summed E-state index contributed by atoms with van der Waals surface area (Å²) in [6, 6.07) is 13.6. The van der Waals surface area contributed by atoms with Gasteiger partial charge in [-0.3, -0.25) is 4.79 Å². The second kappa shape index (κ2) is 4.96. The van der Waals surface area contributed by atoms with Gasteiger partial charge in [0.25, 0.3) is 0 Å². The molecule has 1 aliphatic rings. The number of benzene rings is 2. The maximum atomic E-state index is 13.0. The number of rotatable bonds is 3. The number of carbonyl (C=O) groups is 1. The molecular weight excluding hydrogens is 257 g/mol. The standard InChI is InChI=1S/C16H14FNO2/c1-20-14-8-6-13(7-9-14)18-15(10-16(18)19)11-2-4-12(17)5-3-11/h2-9,15H,10H2,1H3/t15-/m0/s1. The molecule has 2 aromatic carbocycles. The molecule has 1 heterocycles. The van der Waals surface area contributed by atoms with E-state index in [1.54, 1.807) is 24.1 Å². The molecule has 1 aliphatic heterocycles. The highest BCUT2D eigenvalue weighted by Crippen LogP contribution is 2.39. The summed E-state index contributed by atoms with van der Waals surface area (Å²) in [5.74, 6) is 0.556. The lowest BCUT2D eigenvalue weighted by molar-refractivity contribution is -0.124. The predicted octanol–water partition coefficient (Wildman–Crippen LogP) is 3.31. The summed E-state index contributed by atoms with van der Waals surface area (Å²) in [5.41, 5.74) is 1.78. The fourth-order valence-electron chi connectivity index (χ4n) is 2.44. The van der Waals surface area contributed by atoms with Crippen molar-refractivity contribution in [3.63, 3.8) is 0 Å². The average Bonchev–Trinajstić information content (AvgIpc) is 2.46. The number of methoxy groups -OCH3 is 1. The van der Waals surface area contributed by atoms with Crippen molar-refractivity contribution in [3.05, 3.63) is 59.9 Å². The lowest BCUT2D eigenvalue weighted by Crippen LogP contribution is -2.46. The highest BCUT2D eigenvalue weighted by molar-refractivity contribution is 6.01. The largest absolute Gasteiger partial charge is 0.497 e. The zero-order valence-electron chi connectivity index (χ0n) is 11.0. The summed E-state index contributed by atoms with van der Waals surface area (Å²) in [7, 11) is 1.60. The van der Waals surface area contributed by atoms with Gasteiger partial charge in [-0.1, -0.05) is 12.1 Å². The number of anilines is 1. The van der Waals surface area contributed by atoms with Crippen LogP contribution in [-0.2, 0) is 4.79 Å². The third kappa shape index (κ3) is 2.13. The van der Waals surface area contributed by atoms with Crippen molar-refractivity contribution in [2.24, 2.45) is 0 Å². The van der Waals surface area contributed by atoms with Gasteiger partial charge in [-0.2, -0.15) is 0 Å². The minimum absolute atomic E-state index is 0.0171. The first-order valence-electron chi connectivity index (χ1n) is 6.40. The van der Waals surface area contributed by atoms with Gasteiger partial charge < -0.3 is 9.64 Å². The maximum absolute atomic E-state index is 13.0. The molecule has 0 spiro atoms. The fourth-order valence-corrected chi connectivity index (χ4v) is 2.44. The van der Waals surface area contributed by atoms with Crippen molar-refractivity contribution in [1.82, 2.24) is 0 Å². The van der Waals surface area contributed by atoms with Crippen molar-refractivity contribution in [2.75, 3.05) is 12.0 Å². The first-order chi connectivity index (χ1) is 9.69. The van der Waals surface area contributed by atoms with Gasteiger partial charge >= 0.3 is 0 Å². The topological polar surface area (TPSA) is 29.5 Å². The Morgan fingerprint density at radius 1 is 1.10 bits per heavy atom. The van der Waals surface area contributed by atoms with Gasteiger partial charge in [-0.15, -0.1) is 0 Å². The summed E-state index contributed by atoms with van der Waals surface area (Å²) in [4.78, 5) is 13.6. The lowest BCUT2D eigenvalue weighted by Gasteiger charge is -2.40. The minimum atomic E-state index is -0.268. The van der Waals surface area contributed by atoms with Crippen LogP contribution in [0.5, 0.6) is 5.75 Å². The molecule has 1 fully saturated rings. The highest BCUT2D eigenvalue weighted by Gasteiger charge is 2.38. The van der Waals surface area contributed by atoms with Crippen LogP contribution >= 0.6 is 0 Å². The Hall–Kier alpha value is -2.36. The van der Waals surface area contributed by atoms with Crippen LogP contribution in [-0.4, -0.2) is 13.0 Å². The normalized spacial score (nSPS) is 17.8. The second-order valence-corrected chi connectivity index (χ2v) is 4.73. The molecule has 0 radical (unpaired) electrons. The van der Waals surface area contributed by atoms with E-state index in [1.165, 1.54) is 12.1 Å². The van der Waals surface area contributed by atoms with E-state index in [2.05, 4.69) is 0 Å². The van der Waals surface area contributed by atoms with E-state index >= 15 is 0 Å². The van der Waals surface area contributed by atoms with Crippen molar-refractivity contribution in [1.29, 1.82) is 0 Å². The van der Waals surface area contributed by atoms with Crippen LogP contribution in [0.25, 0.3) is 0 Å². The van der Waals surface area contributed by atoms with E-state index in [9.17, 15) is 9.18 Å². The zero-order chi connectivity index (χ0) is 14.1. The number of carbonyl (C=O) groups excluding carboxylic acids is 1. The first kappa shape index (κ1) is 12.7. The number of ether oxygens (including phenoxy) is 1. The number of β-lactam (4-membered cyclic amide) rings is 1. The van der Waals surface area contributed by atoms with Gasteiger partial charge in [0.15, 0.2) is 0 Å². The third-order valence-corrected chi connectivity index (χ3v) is 3.55. The Labute approximate surface area is 116 Å². The van der Waals surface area contributed by atoms with Crippen molar-refractivity contribution >= 4 is 11.6 Å². The smallest absolute Gasteiger partial charge is 0.230 e. The monoisotopic (exact) mass is 271 g/mol. The molecule has 4 heteroatoms. The van der Waals surface area contributed by atoms with Gasteiger partial charge in [0.1, 0.15) is 11.6 Å². The van der Waals surface area contributed by atoms with E-state index in [0.717, 1.165) is 17.0 Å². The van der Waals surface area contributed by atoms with Crippen LogP contribution in [0.4, 0.5) is 10.1 Å². The van der Waals surface area contributed by atoms with Crippen LogP contribution in [0.1, 0.15) is 18.0 Å². The van der Waals surface area contributed by atoms with Crippen LogP contribution in [0.2, 0.25) is 0 Å². The summed E-state index contributed by atoms with van der Waals surface area (Å²) in [6.07, 6.45) is 0.456. The van der Waals surface area contributed by atoms with Gasteiger partial charge in [-0.05, 0) is 42.0 Å². The summed E-state index contributed by atoms with van der Waals surface area (Å²) >= 11 is 0. The molecule has 0 bridgehead atoms. The Bertz CT molecular complexity index is 622. The van der Waals surface area contributed by atoms with Gasteiger partial charge in [0, 0.05) is 5.69 Å². The Balaban J connectivity index is 1.87. The number of hydrogen-bond acceptors (Lipinski definition) is 2. The van der Waals surface area contributed by atoms with Crippen LogP contribution < -0.4 is 9.64 Å². The van der Waals surface area contributed by atoms with Gasteiger partial charge in [0.05, 0.1) is 19.6 Å². The molecule has 0 aliphatic carbocycles. The molecule has 20 heavy (non-hydrogen) atoms. The predicted molar refractivity (Wildman–Crippen MR) is 74.2 cm³/mol. The van der Waals surface area contributed by atoms with Crippen LogP contribution in [0.3, 0.4) is 0 Å². The lowest BCUT2D eigenvalue weighted by atomic mass is 9.93. The Morgan fingerprint density at radius 2 is 1.75 bits per heavy atom. The first-order valence-corrected chi connectivity index (χ1v) is 6.40. The molecule has 0 N–H and O–H groups in total. The number of nitrogens with zero attached hydrogens (tertiary/aromatic N) is 1. The van der Waals surface area contributed by atoms with Crippen molar-refractivity contribution < 1.29 is 13.9 Å². The van der Waals surface area contributed by atoms with E-state index in [4.69, 9.17) is 4.74 Å². The van der Waals surface area contributed by atoms with Gasteiger partial charge in [-0.25, -0.2) is 4.39 Å². The fraction of sp³-hybridized carbons (Fsp3) is 0.188. The molecule has 3 rings (SSSR count). The van der Waals surface area contributed by atoms with E-state index in [0.29, 0.717) is 6.42 Å². The van der Waals surface area contributed by atoms with Crippen molar-refractivity contribution in [3.8, 4) is 5.75 Å². The molecule has 0 saturated carbocycles. The van der Waals surface area contributed by atoms with E-state index in [-0.39, 0.29) is 17.8 Å². The third-order valence-electron chi connectivity index (χ3n) is 3.55. The zero-order valence-corrected chi connectivity index (χ0v) is 11.0. The minimum Gasteiger partial charge on any atom is -0.497 e. The maximum Gasteiger partial charge on any atom is 0.230 e. The SMILES string of the molecule is COc1ccc(N2C(=O)C[C@H]2c2ccc(F)cc2)cc1. The number of hydrogen-bond donors (Lipinski definition) is 0. The Morgan fingerprint density at radius 3 is 2.30 bits per heavy atom. The average molecular weight is 271 g/mol. The molecule has 102 valence electrons. The summed E-state index contributed by atoms with van der Waals surface area (Å²) in [5, 5.41) is 0. The molecule has 3 nitrogen and oxygen atoms in total. The second-order valence-electron chi connectivity index (χ2n) is 4.73. The molecule has 1 atom stereocenters. The van der Waals surface area contributed by atoms with E-state index in [1.807, 2.05) is 24.3 Å². The van der Waals surface area contributed by atoms with Crippen LogP contribution in [0, 0.1) is 5.82 Å². The molecule has 1 saturated heterocycles. The quantitative estimate of drug-likeness (QED) is 0.801. The number of amides is 1. The molecular formula is C16H14FNO2. The van der Waals surface area contributed by atoms with E-state index < -0.39 is 0 Å². The number of halogens is 1. The Kier molecular flexibility index (Phi) is 3.14. The molecule has 2 aromatic rings. The van der Waals surface area contributed by atoms with Crippen LogP contribution in [0.15, 0.2) is 48.5 Å². The molecule has 1 amide bonds. The highest BCUT2D eigenvalue weighted by atomic mass is 19.1. The molecule has 0 aromatic heterocycles. The molecule has 0 unspecified atom stereocenters. The summed E-state index contributed by atoms with van der Waals surface area (Å²) in [6.45, 7) is 0. The summed E-state index contributed by atoms with van der Waals surface area (Å²) < 4.78 is 18.1.